The standard InChI is InChI=1S/C18H32O8P2/c1-7-13(4)26-28(20,21)12-14-10-17(23-6)15(11-16(14)22-5)18(27-19,24-8-2)25-9-3/h10-11,13H,7-9,12,27H2,1-6H3,(H,20,21). The number of rotatable bonds is 13. The zero-order valence-corrected chi connectivity index (χ0v) is 19.4. The van der Waals surface area contributed by atoms with Gasteiger partial charge in [0.1, 0.15) is 20.0 Å². The summed E-state index contributed by atoms with van der Waals surface area (Å²) in [5.74, 6) is 0.652. The second-order valence-corrected chi connectivity index (χ2v) is 8.93. The molecule has 28 heavy (non-hydrogen) atoms. The minimum Gasteiger partial charge on any atom is -0.496 e. The third-order valence-electron chi connectivity index (χ3n) is 4.14. The molecule has 0 spiro atoms. The second-order valence-electron chi connectivity index (χ2n) is 6.14. The largest absolute Gasteiger partial charge is 0.496 e. The lowest BCUT2D eigenvalue weighted by atomic mass is 10.1. The van der Waals surface area contributed by atoms with Gasteiger partial charge in [-0.15, -0.1) is 0 Å². The Morgan fingerprint density at radius 3 is 2.11 bits per heavy atom. The molecule has 1 aromatic carbocycles. The summed E-state index contributed by atoms with van der Waals surface area (Å²) in [6.07, 6.45) is 0.00895. The topological polar surface area (TPSA) is 101 Å². The van der Waals surface area contributed by atoms with Crippen LogP contribution in [0.2, 0.25) is 0 Å². The molecule has 1 aromatic rings. The van der Waals surface area contributed by atoms with Crippen LogP contribution in [0.1, 0.15) is 45.2 Å². The lowest BCUT2D eigenvalue weighted by molar-refractivity contribution is -0.177. The van der Waals surface area contributed by atoms with Gasteiger partial charge >= 0.3 is 7.60 Å². The number of hydrogen-bond acceptors (Lipinski definition) is 7. The van der Waals surface area contributed by atoms with Crippen molar-refractivity contribution < 1.29 is 37.5 Å². The Labute approximate surface area is 168 Å². The van der Waals surface area contributed by atoms with E-state index in [0.29, 0.717) is 29.0 Å². The van der Waals surface area contributed by atoms with Gasteiger partial charge in [-0.2, -0.15) is 0 Å². The third kappa shape index (κ3) is 6.31. The van der Waals surface area contributed by atoms with Gasteiger partial charge in [-0.1, -0.05) is 6.92 Å². The van der Waals surface area contributed by atoms with Crippen LogP contribution < -0.4 is 9.47 Å². The monoisotopic (exact) mass is 438 g/mol. The molecule has 0 aromatic heterocycles. The minimum atomic E-state index is -3.90. The van der Waals surface area contributed by atoms with Crippen molar-refractivity contribution >= 4 is 16.1 Å². The van der Waals surface area contributed by atoms with Crippen molar-refractivity contribution in [3.8, 4) is 11.5 Å². The van der Waals surface area contributed by atoms with Crippen LogP contribution >= 0.6 is 16.1 Å². The second kappa shape index (κ2) is 11.3. The van der Waals surface area contributed by atoms with Gasteiger partial charge in [0.2, 0.25) is 5.53 Å². The molecule has 0 saturated heterocycles. The lowest BCUT2D eigenvalue weighted by Gasteiger charge is -2.30. The number of ether oxygens (including phenoxy) is 4. The van der Waals surface area contributed by atoms with Gasteiger partial charge in [0.25, 0.3) is 0 Å². The molecule has 0 aliphatic heterocycles. The van der Waals surface area contributed by atoms with Crippen molar-refractivity contribution in [3.05, 3.63) is 23.3 Å². The number of hydrogen-bond donors (Lipinski definition) is 1. The molecule has 0 aliphatic rings. The summed E-state index contributed by atoms with van der Waals surface area (Å²) >= 11 is 0. The van der Waals surface area contributed by atoms with E-state index in [1.54, 1.807) is 32.9 Å². The van der Waals surface area contributed by atoms with E-state index >= 15 is 0 Å². The Bertz CT molecular complexity index is 688. The number of methoxy groups -OCH3 is 2. The first-order valence-electron chi connectivity index (χ1n) is 9.22. The summed E-state index contributed by atoms with van der Waals surface area (Å²) in [5.41, 5.74) is -0.628. The van der Waals surface area contributed by atoms with E-state index < -0.39 is 21.6 Å². The van der Waals surface area contributed by atoms with Crippen molar-refractivity contribution in [2.75, 3.05) is 27.4 Å². The molecular weight excluding hydrogens is 406 g/mol. The van der Waals surface area contributed by atoms with Crippen molar-refractivity contribution in [3.63, 3.8) is 0 Å². The summed E-state index contributed by atoms with van der Waals surface area (Å²) in [6.45, 7) is 7.70. The van der Waals surface area contributed by atoms with Crippen LogP contribution in [-0.2, 0) is 34.8 Å². The molecular formula is C18H32O8P2. The molecule has 0 radical (unpaired) electrons. The van der Waals surface area contributed by atoms with Crippen LogP contribution in [0.4, 0.5) is 0 Å². The van der Waals surface area contributed by atoms with Crippen molar-refractivity contribution in [2.45, 2.75) is 51.9 Å². The Kier molecular flexibility index (Phi) is 10.2. The highest BCUT2D eigenvalue weighted by Gasteiger charge is 2.37. The van der Waals surface area contributed by atoms with E-state index in [2.05, 4.69) is 0 Å². The van der Waals surface area contributed by atoms with Crippen molar-refractivity contribution in [1.82, 2.24) is 0 Å². The number of benzene rings is 1. The molecule has 0 fully saturated rings. The maximum atomic E-state index is 12.5. The average Bonchev–Trinajstić information content (AvgIpc) is 2.66. The smallest absolute Gasteiger partial charge is 0.332 e. The molecule has 3 atom stereocenters. The Morgan fingerprint density at radius 1 is 1.11 bits per heavy atom. The average molecular weight is 438 g/mol. The summed E-state index contributed by atoms with van der Waals surface area (Å²) in [7, 11) is -2.53. The fourth-order valence-corrected chi connectivity index (χ4v) is 5.01. The highest BCUT2D eigenvalue weighted by molar-refractivity contribution is 7.52. The van der Waals surface area contributed by atoms with Crippen LogP contribution in [0.5, 0.6) is 11.5 Å². The van der Waals surface area contributed by atoms with Crippen molar-refractivity contribution in [2.24, 2.45) is 0 Å². The first kappa shape index (κ1) is 25.2. The van der Waals surface area contributed by atoms with Gasteiger partial charge in [0, 0.05) is 18.8 Å². The zero-order valence-electron chi connectivity index (χ0n) is 17.4. The fraction of sp³-hybridized carbons (Fsp3) is 0.667. The van der Waals surface area contributed by atoms with E-state index in [-0.39, 0.29) is 25.5 Å². The predicted molar refractivity (Wildman–Crippen MR) is 109 cm³/mol. The van der Waals surface area contributed by atoms with Crippen molar-refractivity contribution in [1.29, 1.82) is 0 Å². The molecule has 0 aliphatic carbocycles. The van der Waals surface area contributed by atoms with E-state index in [1.165, 1.54) is 14.2 Å². The molecule has 1 N–H and O–H groups in total. The highest BCUT2D eigenvalue weighted by Crippen LogP contribution is 2.51. The predicted octanol–water partition coefficient (Wildman–Crippen LogP) is 4.14. The summed E-state index contributed by atoms with van der Waals surface area (Å²) in [6, 6.07) is 3.15. The molecule has 0 bridgehead atoms. The Morgan fingerprint density at radius 2 is 1.68 bits per heavy atom. The van der Waals surface area contributed by atoms with Crippen LogP contribution in [0.15, 0.2) is 12.1 Å². The molecule has 162 valence electrons. The van der Waals surface area contributed by atoms with Gasteiger partial charge in [-0.05, 0) is 39.3 Å². The maximum absolute atomic E-state index is 12.5. The molecule has 10 heteroatoms. The summed E-state index contributed by atoms with van der Waals surface area (Å²) in [5, 5.41) is 0. The first-order chi connectivity index (χ1) is 13.2. The van der Waals surface area contributed by atoms with Gasteiger partial charge in [-0.3, -0.25) is 4.57 Å². The van der Waals surface area contributed by atoms with Gasteiger partial charge < -0.3 is 32.9 Å². The van der Waals surface area contributed by atoms with Crippen LogP contribution in [0, 0.1) is 0 Å². The van der Waals surface area contributed by atoms with Gasteiger partial charge in [-0.25, -0.2) is 0 Å². The van der Waals surface area contributed by atoms with Crippen LogP contribution in [-0.4, -0.2) is 38.4 Å². The fourth-order valence-electron chi connectivity index (χ4n) is 2.72. The molecule has 0 amide bonds. The molecule has 0 heterocycles. The third-order valence-corrected chi connectivity index (χ3v) is 6.52. The minimum absolute atomic E-state index is 0.252. The normalized spacial score (nSPS) is 15.5. The maximum Gasteiger partial charge on any atom is 0.332 e. The zero-order chi connectivity index (χ0) is 21.4. The Balaban J connectivity index is 3.46. The molecule has 8 nitrogen and oxygen atoms in total. The Hall–Kier alpha value is -0.880. The van der Waals surface area contributed by atoms with Gasteiger partial charge in [0.15, 0.2) is 0 Å². The molecule has 1 rings (SSSR count). The highest BCUT2D eigenvalue weighted by atomic mass is 31.2. The summed E-state index contributed by atoms with van der Waals surface area (Å²) < 4.78 is 52.1. The SMILES string of the molecule is CCOC(OCC)([PH2]=O)c1cc(OC)c(CP(=O)(O)OC(C)CC)cc1OC. The first-order valence-corrected chi connectivity index (χ1v) is 12.0. The van der Waals surface area contributed by atoms with E-state index in [9.17, 15) is 14.0 Å². The lowest BCUT2D eigenvalue weighted by Crippen LogP contribution is -2.28. The van der Waals surface area contributed by atoms with Gasteiger partial charge in [0.05, 0.1) is 32.0 Å². The molecule has 0 saturated carbocycles. The quantitative estimate of drug-likeness (QED) is 0.362. The summed E-state index contributed by atoms with van der Waals surface area (Å²) in [4.78, 5) is 10.2. The van der Waals surface area contributed by atoms with E-state index in [4.69, 9.17) is 23.5 Å². The van der Waals surface area contributed by atoms with E-state index in [1.807, 2.05) is 6.92 Å². The van der Waals surface area contributed by atoms with Crippen LogP contribution in [0.25, 0.3) is 0 Å². The van der Waals surface area contributed by atoms with Crippen LogP contribution in [0.3, 0.4) is 0 Å². The molecule has 3 unspecified atom stereocenters. The van der Waals surface area contributed by atoms with E-state index in [0.717, 1.165) is 0 Å².